The maximum atomic E-state index is 12.7. The van der Waals surface area contributed by atoms with E-state index in [1.54, 1.807) is 18.2 Å². The van der Waals surface area contributed by atoms with E-state index < -0.39 is 12.0 Å². The molecule has 0 radical (unpaired) electrons. The fourth-order valence-electron chi connectivity index (χ4n) is 2.72. The van der Waals surface area contributed by atoms with Crippen molar-refractivity contribution in [3.8, 4) is 0 Å². The summed E-state index contributed by atoms with van der Waals surface area (Å²) in [6, 6.07) is 4.59. The number of hydrogen-bond donors (Lipinski definition) is 1. The number of rotatable bonds is 7. The van der Waals surface area contributed by atoms with Gasteiger partial charge in [0.1, 0.15) is 18.9 Å². The van der Waals surface area contributed by atoms with Gasteiger partial charge in [-0.15, -0.1) is 0 Å². The zero-order chi connectivity index (χ0) is 17.7. The molecule has 0 aliphatic carbocycles. The van der Waals surface area contributed by atoms with Crippen LogP contribution < -0.4 is 5.32 Å². The van der Waals surface area contributed by atoms with Gasteiger partial charge in [-0.25, -0.2) is 0 Å². The number of carbonyl (C=O) groups excluding carboxylic acids is 4. The number of benzene rings is 1. The first-order valence-corrected chi connectivity index (χ1v) is 7.69. The predicted molar refractivity (Wildman–Crippen MR) is 84.9 cm³/mol. The van der Waals surface area contributed by atoms with Gasteiger partial charge in [0.25, 0.3) is 5.91 Å². The van der Waals surface area contributed by atoms with Crippen LogP contribution in [0.1, 0.15) is 41.3 Å². The molecule has 1 aliphatic heterocycles. The molecule has 7 heteroatoms. The number of fused-ring (bicyclic) bond motifs is 1. The summed E-state index contributed by atoms with van der Waals surface area (Å²) in [6.45, 7) is 1.74. The van der Waals surface area contributed by atoms with Crippen molar-refractivity contribution in [2.75, 3.05) is 7.05 Å². The number of hydrogen-bond acceptors (Lipinski definition) is 5. The molecule has 0 fully saturated rings. The predicted octanol–water partition coefficient (Wildman–Crippen LogP) is 0.799. The molecule has 0 spiro atoms. The van der Waals surface area contributed by atoms with E-state index in [1.807, 2.05) is 0 Å². The Bertz CT molecular complexity index is 671. The van der Waals surface area contributed by atoms with Gasteiger partial charge in [0, 0.05) is 32.5 Å². The van der Waals surface area contributed by atoms with E-state index in [-0.39, 0.29) is 31.3 Å². The molecule has 1 aromatic rings. The van der Waals surface area contributed by atoms with Crippen LogP contribution in [0.3, 0.4) is 0 Å². The summed E-state index contributed by atoms with van der Waals surface area (Å²) in [5.41, 5.74) is 2.02. The monoisotopic (exact) mass is 332 g/mol. The Morgan fingerprint density at radius 3 is 2.79 bits per heavy atom. The second-order valence-corrected chi connectivity index (χ2v) is 5.58. The smallest absolute Gasteiger partial charge is 0.302 e. The highest BCUT2D eigenvalue weighted by Crippen LogP contribution is 2.27. The van der Waals surface area contributed by atoms with Crippen LogP contribution in [0.4, 0.5) is 0 Å². The summed E-state index contributed by atoms with van der Waals surface area (Å²) in [6.07, 6.45) is 1.22. The molecule has 2 rings (SSSR count). The largest absolute Gasteiger partial charge is 0.461 e. The number of nitrogens with one attached hydrogen (secondary N) is 1. The lowest BCUT2D eigenvalue weighted by molar-refractivity contribution is -0.142. The molecule has 0 bridgehead atoms. The second kappa shape index (κ2) is 7.72. The summed E-state index contributed by atoms with van der Waals surface area (Å²) in [5, 5.41) is 2.54. The molecule has 24 heavy (non-hydrogen) atoms. The molecule has 1 unspecified atom stereocenters. The number of amides is 2. The first kappa shape index (κ1) is 17.7. The van der Waals surface area contributed by atoms with Crippen LogP contribution in [0.5, 0.6) is 0 Å². The molecular weight excluding hydrogens is 312 g/mol. The minimum atomic E-state index is -0.683. The quantitative estimate of drug-likeness (QED) is 0.589. The minimum Gasteiger partial charge on any atom is -0.461 e. The van der Waals surface area contributed by atoms with Gasteiger partial charge in [-0.2, -0.15) is 0 Å². The second-order valence-electron chi connectivity index (χ2n) is 5.58. The van der Waals surface area contributed by atoms with E-state index in [4.69, 9.17) is 4.74 Å². The first-order chi connectivity index (χ1) is 11.5. The maximum Gasteiger partial charge on any atom is 0.302 e. The normalized spacial score (nSPS) is 14.1. The molecule has 1 N–H and O–H groups in total. The number of likely N-dealkylation sites (N-methyl/N-ethyl adjacent to an activating group) is 1. The van der Waals surface area contributed by atoms with E-state index >= 15 is 0 Å². The number of ether oxygens (including phenoxy) is 1. The first-order valence-electron chi connectivity index (χ1n) is 7.69. The maximum absolute atomic E-state index is 12.7. The van der Waals surface area contributed by atoms with Crippen LogP contribution in [-0.2, 0) is 32.3 Å². The fourth-order valence-corrected chi connectivity index (χ4v) is 2.72. The van der Waals surface area contributed by atoms with Crippen molar-refractivity contribution in [3.63, 3.8) is 0 Å². The fraction of sp³-hybridized carbons (Fsp3) is 0.412. The van der Waals surface area contributed by atoms with E-state index in [2.05, 4.69) is 5.32 Å². The lowest BCUT2D eigenvalue weighted by Gasteiger charge is -2.25. The van der Waals surface area contributed by atoms with Crippen molar-refractivity contribution in [3.05, 3.63) is 34.9 Å². The van der Waals surface area contributed by atoms with Gasteiger partial charge in [-0.1, -0.05) is 12.1 Å². The van der Waals surface area contributed by atoms with Crippen molar-refractivity contribution in [1.29, 1.82) is 0 Å². The van der Waals surface area contributed by atoms with Crippen LogP contribution in [0, 0.1) is 0 Å². The Hall–Kier alpha value is -2.70. The van der Waals surface area contributed by atoms with Gasteiger partial charge in [0.2, 0.25) is 5.91 Å². The molecule has 2 amide bonds. The number of esters is 1. The van der Waals surface area contributed by atoms with Crippen molar-refractivity contribution in [2.24, 2.45) is 0 Å². The molecule has 1 heterocycles. The molecule has 1 aliphatic rings. The van der Waals surface area contributed by atoms with Crippen molar-refractivity contribution < 1.29 is 23.9 Å². The molecule has 7 nitrogen and oxygen atoms in total. The van der Waals surface area contributed by atoms with E-state index in [9.17, 15) is 19.2 Å². The van der Waals surface area contributed by atoms with Crippen molar-refractivity contribution in [1.82, 2.24) is 10.2 Å². The zero-order valence-electron chi connectivity index (χ0n) is 13.7. The van der Waals surface area contributed by atoms with Crippen LogP contribution in [0.25, 0.3) is 0 Å². The van der Waals surface area contributed by atoms with Gasteiger partial charge in [-0.3, -0.25) is 14.4 Å². The Balaban J connectivity index is 2.20. The highest BCUT2D eigenvalue weighted by atomic mass is 16.5. The van der Waals surface area contributed by atoms with Gasteiger partial charge in [0.15, 0.2) is 0 Å². The van der Waals surface area contributed by atoms with Gasteiger partial charge in [-0.05, 0) is 23.6 Å². The minimum absolute atomic E-state index is 0.0971. The lowest BCUT2D eigenvalue weighted by Crippen LogP contribution is -2.46. The van der Waals surface area contributed by atoms with Crippen LogP contribution >= 0.6 is 0 Å². The van der Waals surface area contributed by atoms with Crippen LogP contribution in [-0.4, -0.2) is 42.1 Å². The highest BCUT2D eigenvalue weighted by molar-refractivity contribution is 6.01. The summed E-state index contributed by atoms with van der Waals surface area (Å²) in [7, 11) is 1.50. The van der Waals surface area contributed by atoms with Crippen molar-refractivity contribution >= 4 is 24.1 Å². The Labute approximate surface area is 140 Å². The van der Waals surface area contributed by atoms with E-state index in [0.29, 0.717) is 17.7 Å². The average molecular weight is 332 g/mol. The zero-order valence-corrected chi connectivity index (χ0v) is 13.7. The SMILES string of the molecule is CNC(=O)C(CCC=O)N1Cc2ccc(COC(C)=O)cc2C1=O. The van der Waals surface area contributed by atoms with Gasteiger partial charge >= 0.3 is 5.97 Å². The standard InChI is InChI=1S/C17H20N2O5/c1-11(21)24-10-12-5-6-13-9-19(17(23)14(13)8-12)15(4-3-7-20)16(22)18-2/h5-8,15H,3-4,9-10H2,1-2H3,(H,18,22). The lowest BCUT2D eigenvalue weighted by atomic mass is 10.1. The number of nitrogens with zero attached hydrogens (tertiary/aromatic N) is 1. The topological polar surface area (TPSA) is 92.8 Å². The molecule has 0 saturated carbocycles. The molecule has 1 aromatic carbocycles. The molecule has 1 atom stereocenters. The third kappa shape index (κ3) is 3.79. The highest BCUT2D eigenvalue weighted by Gasteiger charge is 2.35. The summed E-state index contributed by atoms with van der Waals surface area (Å²) in [4.78, 5) is 47.7. The van der Waals surface area contributed by atoms with E-state index in [0.717, 1.165) is 11.8 Å². The number of carbonyl (C=O) groups is 4. The summed E-state index contributed by atoms with van der Waals surface area (Å²) < 4.78 is 4.94. The average Bonchev–Trinajstić information content (AvgIpc) is 2.89. The third-order valence-corrected chi connectivity index (χ3v) is 3.93. The third-order valence-electron chi connectivity index (χ3n) is 3.93. The van der Waals surface area contributed by atoms with Crippen molar-refractivity contribution in [2.45, 2.75) is 39.0 Å². The molecule has 0 saturated heterocycles. The summed E-state index contributed by atoms with van der Waals surface area (Å²) in [5.74, 6) is -0.940. The summed E-state index contributed by atoms with van der Waals surface area (Å²) >= 11 is 0. The molecule has 128 valence electrons. The molecule has 0 aromatic heterocycles. The Kier molecular flexibility index (Phi) is 5.68. The van der Waals surface area contributed by atoms with Crippen LogP contribution in [0.2, 0.25) is 0 Å². The van der Waals surface area contributed by atoms with Gasteiger partial charge < -0.3 is 19.7 Å². The number of aldehydes is 1. The van der Waals surface area contributed by atoms with Crippen LogP contribution in [0.15, 0.2) is 18.2 Å². The van der Waals surface area contributed by atoms with Gasteiger partial charge in [0.05, 0.1) is 0 Å². The molecular formula is C17H20N2O5. The Morgan fingerprint density at radius 1 is 1.42 bits per heavy atom. The van der Waals surface area contributed by atoms with E-state index in [1.165, 1.54) is 18.9 Å². The Morgan fingerprint density at radius 2 is 2.17 bits per heavy atom.